The van der Waals surface area contributed by atoms with Crippen molar-refractivity contribution in [2.75, 3.05) is 13.2 Å². The zero-order chi connectivity index (χ0) is 50.7. The van der Waals surface area contributed by atoms with E-state index in [1.807, 2.05) is 6.08 Å². The summed E-state index contributed by atoms with van der Waals surface area (Å²) in [5.74, 6) is -1.02. The number of allylic oxidation sites excluding steroid dienone is 20. The molecule has 1 atom stereocenters. The Balaban J connectivity index is 4.55. The molecule has 396 valence electrons. The summed E-state index contributed by atoms with van der Waals surface area (Å²) in [6.45, 7) is 6.40. The van der Waals surface area contributed by atoms with Gasteiger partial charge < -0.3 is 14.2 Å². The molecule has 0 saturated carbocycles. The van der Waals surface area contributed by atoms with Gasteiger partial charge in [0, 0.05) is 19.3 Å². The number of hydrogen-bond donors (Lipinski definition) is 0. The Bertz CT molecular complexity index is 1490. The van der Waals surface area contributed by atoms with E-state index in [0.717, 1.165) is 116 Å². The fourth-order valence-electron chi connectivity index (χ4n) is 7.41. The highest BCUT2D eigenvalue weighted by Crippen LogP contribution is 2.13. The summed E-state index contributed by atoms with van der Waals surface area (Å²) in [4.78, 5) is 38.1. The third-order valence-corrected chi connectivity index (χ3v) is 11.7. The molecule has 70 heavy (non-hydrogen) atoms. The monoisotopic (exact) mass is 969 g/mol. The van der Waals surface area contributed by atoms with Gasteiger partial charge in [-0.3, -0.25) is 14.4 Å². The first-order valence-corrected chi connectivity index (χ1v) is 28.5. The zero-order valence-electron chi connectivity index (χ0n) is 45.2. The molecule has 6 nitrogen and oxygen atoms in total. The van der Waals surface area contributed by atoms with E-state index in [1.54, 1.807) is 0 Å². The third kappa shape index (κ3) is 54.7. The van der Waals surface area contributed by atoms with E-state index in [1.165, 1.54) is 83.5 Å². The lowest BCUT2D eigenvalue weighted by Gasteiger charge is -2.18. The molecule has 0 radical (unpaired) electrons. The number of carbonyl (C=O) groups excluding carboxylic acids is 3. The van der Waals surface area contributed by atoms with Gasteiger partial charge in [0.1, 0.15) is 13.2 Å². The molecule has 0 aliphatic carbocycles. The summed E-state index contributed by atoms with van der Waals surface area (Å²) < 4.78 is 16.8. The van der Waals surface area contributed by atoms with Crippen molar-refractivity contribution in [1.82, 2.24) is 0 Å². The van der Waals surface area contributed by atoms with Gasteiger partial charge in [-0.2, -0.15) is 0 Å². The van der Waals surface area contributed by atoms with Gasteiger partial charge in [0.05, 0.1) is 0 Å². The Kier molecular flexibility index (Phi) is 54.0. The fourth-order valence-corrected chi connectivity index (χ4v) is 7.41. The molecule has 1 unspecified atom stereocenters. The smallest absolute Gasteiger partial charge is 0.306 e. The topological polar surface area (TPSA) is 78.9 Å². The molecule has 0 aromatic carbocycles. The van der Waals surface area contributed by atoms with Crippen molar-refractivity contribution in [3.05, 3.63) is 122 Å². The number of ether oxygens (including phenoxy) is 3. The lowest BCUT2D eigenvalue weighted by atomic mass is 10.1. The Morgan fingerprint density at radius 3 is 1.00 bits per heavy atom. The first-order chi connectivity index (χ1) is 34.5. The number of rotatable bonds is 50. The summed E-state index contributed by atoms with van der Waals surface area (Å²) in [5.41, 5.74) is 0. The highest BCUT2D eigenvalue weighted by Gasteiger charge is 2.19. The maximum Gasteiger partial charge on any atom is 0.306 e. The Morgan fingerprint density at radius 2 is 0.586 bits per heavy atom. The second-order valence-electron chi connectivity index (χ2n) is 18.5. The summed E-state index contributed by atoms with van der Waals surface area (Å²) in [7, 11) is 0. The molecule has 6 heteroatoms. The highest BCUT2D eigenvalue weighted by molar-refractivity contribution is 5.71. The van der Waals surface area contributed by atoms with E-state index in [-0.39, 0.29) is 37.5 Å². The van der Waals surface area contributed by atoms with Gasteiger partial charge in [0.2, 0.25) is 0 Å². The van der Waals surface area contributed by atoms with Gasteiger partial charge in [0.15, 0.2) is 6.10 Å². The number of hydrogen-bond acceptors (Lipinski definition) is 6. The van der Waals surface area contributed by atoms with E-state index >= 15 is 0 Å². The minimum absolute atomic E-state index is 0.114. The van der Waals surface area contributed by atoms with Gasteiger partial charge >= 0.3 is 17.9 Å². The van der Waals surface area contributed by atoms with Gasteiger partial charge in [-0.15, -0.1) is 0 Å². The number of esters is 3. The summed E-state index contributed by atoms with van der Waals surface area (Å²) in [5, 5.41) is 0. The molecule has 0 amide bonds. The van der Waals surface area contributed by atoms with Crippen molar-refractivity contribution >= 4 is 17.9 Å². The van der Waals surface area contributed by atoms with Gasteiger partial charge in [0.25, 0.3) is 0 Å². The molecule has 0 spiro atoms. The second kappa shape index (κ2) is 57.4. The molecule has 0 heterocycles. The van der Waals surface area contributed by atoms with Gasteiger partial charge in [-0.1, -0.05) is 226 Å². The number of unbranched alkanes of at least 4 members (excludes halogenated alkanes) is 19. The van der Waals surface area contributed by atoms with E-state index in [2.05, 4.69) is 136 Å². The van der Waals surface area contributed by atoms with Crippen LogP contribution in [0, 0.1) is 0 Å². The van der Waals surface area contributed by atoms with Crippen LogP contribution in [0.2, 0.25) is 0 Å². The largest absolute Gasteiger partial charge is 0.462 e. The summed E-state index contributed by atoms with van der Waals surface area (Å²) in [6, 6.07) is 0. The summed E-state index contributed by atoms with van der Waals surface area (Å²) >= 11 is 0. The van der Waals surface area contributed by atoms with E-state index in [9.17, 15) is 14.4 Å². The Labute approximate surface area is 431 Å². The molecule has 0 aliphatic heterocycles. The van der Waals surface area contributed by atoms with Crippen LogP contribution in [0.1, 0.15) is 245 Å². The quantitative estimate of drug-likeness (QED) is 0.0262. The molecular formula is C64H104O6. The van der Waals surface area contributed by atoms with Crippen LogP contribution < -0.4 is 0 Å². The second-order valence-corrected chi connectivity index (χ2v) is 18.5. The average molecular weight is 970 g/mol. The van der Waals surface area contributed by atoms with E-state index < -0.39 is 6.10 Å². The first kappa shape index (κ1) is 65.8. The van der Waals surface area contributed by atoms with Crippen LogP contribution in [0.25, 0.3) is 0 Å². The molecule has 0 bridgehead atoms. The molecule has 0 rings (SSSR count). The van der Waals surface area contributed by atoms with Crippen LogP contribution >= 0.6 is 0 Å². The Morgan fingerprint density at radius 1 is 0.300 bits per heavy atom. The minimum atomic E-state index is -0.823. The molecule has 0 aromatic heterocycles. The average Bonchev–Trinajstić information content (AvgIpc) is 3.36. The van der Waals surface area contributed by atoms with Crippen LogP contribution in [0.3, 0.4) is 0 Å². The van der Waals surface area contributed by atoms with Gasteiger partial charge in [-0.05, 0) is 122 Å². The van der Waals surface area contributed by atoms with Crippen molar-refractivity contribution in [1.29, 1.82) is 0 Å². The lowest BCUT2D eigenvalue weighted by Crippen LogP contribution is -2.30. The molecule has 0 aliphatic rings. The predicted molar refractivity (Wildman–Crippen MR) is 302 cm³/mol. The molecule has 0 N–H and O–H groups in total. The van der Waals surface area contributed by atoms with Crippen molar-refractivity contribution < 1.29 is 28.6 Å². The normalized spacial score (nSPS) is 13.0. The Hall–Kier alpha value is -4.19. The maximum atomic E-state index is 12.9. The van der Waals surface area contributed by atoms with Crippen LogP contribution in [0.15, 0.2) is 122 Å². The van der Waals surface area contributed by atoms with Gasteiger partial charge in [-0.25, -0.2) is 0 Å². The van der Waals surface area contributed by atoms with Crippen molar-refractivity contribution in [2.45, 2.75) is 252 Å². The standard InChI is InChI=1S/C64H104O6/c1-4-7-10-13-16-19-22-25-28-30-32-34-36-39-42-45-48-51-54-57-63(66)69-60-61(59-68-62(65)56-53-50-47-44-41-38-27-24-21-18-15-12-9-6-3)70-64(67)58-55-52-49-46-43-40-37-35-33-31-29-26-23-20-17-14-11-8-5-2/h7,10,16-17,19-20,24-29,32-35,39,42,48,51,61H,4-6,8-9,11-15,18,21-23,30-31,36-38,40-41,43-47,49-50,52-60H2,1-3H3/b10-7-,19-16-,20-17-,27-24-,28-25-,29-26-,34-32-,35-33-,42-39-,51-48-. The van der Waals surface area contributed by atoms with E-state index in [4.69, 9.17) is 14.2 Å². The molecule has 0 aromatic rings. The first-order valence-electron chi connectivity index (χ1n) is 28.5. The van der Waals surface area contributed by atoms with Crippen LogP contribution in [-0.4, -0.2) is 37.2 Å². The molecular weight excluding hydrogens is 865 g/mol. The van der Waals surface area contributed by atoms with Crippen molar-refractivity contribution in [3.8, 4) is 0 Å². The SMILES string of the molecule is CC/C=C\C/C=C\C/C=C\C/C=C\C/C=C\C/C=C\CCC(=O)OCC(COC(=O)CCCCCCC/C=C\CCCCCCC)OC(=O)CCCCCCCC/C=C\C/C=C\C/C=C\CCCCC. The minimum Gasteiger partial charge on any atom is -0.462 e. The third-order valence-electron chi connectivity index (χ3n) is 11.7. The van der Waals surface area contributed by atoms with Crippen molar-refractivity contribution in [3.63, 3.8) is 0 Å². The lowest BCUT2D eigenvalue weighted by molar-refractivity contribution is -0.166. The summed E-state index contributed by atoms with van der Waals surface area (Å²) in [6.07, 6.45) is 79.1. The van der Waals surface area contributed by atoms with Crippen LogP contribution in [0.5, 0.6) is 0 Å². The van der Waals surface area contributed by atoms with E-state index in [0.29, 0.717) is 19.3 Å². The zero-order valence-corrected chi connectivity index (χ0v) is 45.2. The van der Waals surface area contributed by atoms with Crippen LogP contribution in [-0.2, 0) is 28.6 Å². The molecule has 0 saturated heterocycles. The molecule has 0 fully saturated rings. The maximum absolute atomic E-state index is 12.9. The predicted octanol–water partition coefficient (Wildman–Crippen LogP) is 19.3. The number of carbonyl (C=O) groups is 3. The fraction of sp³-hybridized carbons (Fsp3) is 0.641. The van der Waals surface area contributed by atoms with Crippen molar-refractivity contribution in [2.24, 2.45) is 0 Å². The van der Waals surface area contributed by atoms with Crippen LogP contribution in [0.4, 0.5) is 0 Å². The highest BCUT2D eigenvalue weighted by atomic mass is 16.6.